The van der Waals surface area contributed by atoms with E-state index in [1.807, 2.05) is 6.08 Å². The van der Waals surface area contributed by atoms with Gasteiger partial charge in [-0.2, -0.15) is 0 Å². The third-order valence-corrected chi connectivity index (χ3v) is 10.1. The number of rotatable bonds is 12. The lowest BCUT2D eigenvalue weighted by molar-refractivity contribution is 0.0478. The summed E-state index contributed by atoms with van der Waals surface area (Å²) in [5.74, 6) is 0. The van der Waals surface area contributed by atoms with Crippen molar-refractivity contribution in [3.05, 3.63) is 42.0 Å². The van der Waals surface area contributed by atoms with Gasteiger partial charge in [0.05, 0.1) is 0 Å². The molecule has 1 aromatic carbocycles. The predicted octanol–water partition coefficient (Wildman–Crippen LogP) is 3.41. The van der Waals surface area contributed by atoms with Crippen molar-refractivity contribution in [2.45, 2.75) is 32.1 Å². The Labute approximate surface area is 148 Å². The van der Waals surface area contributed by atoms with Crippen LogP contribution >= 0.6 is 0 Å². The minimum absolute atomic E-state index is 0.868. The third-order valence-electron chi connectivity index (χ3n) is 3.83. The quantitative estimate of drug-likeness (QED) is 0.452. The van der Waals surface area contributed by atoms with E-state index in [1.165, 1.54) is 5.56 Å². The zero-order chi connectivity index (χ0) is 18.1. The van der Waals surface area contributed by atoms with Gasteiger partial charge < -0.3 is 22.7 Å². The monoisotopic (exact) mass is 369 g/mol. The summed E-state index contributed by atoms with van der Waals surface area (Å²) in [6, 6.07) is 9.43. The molecular weight excluding hydrogens is 338 g/mol. The van der Waals surface area contributed by atoms with Crippen molar-refractivity contribution in [1.82, 2.24) is 5.32 Å². The number of nitrogens with one attached hydrogen (secondary N) is 1. The van der Waals surface area contributed by atoms with Gasteiger partial charge in [0.2, 0.25) is 0 Å². The van der Waals surface area contributed by atoms with Gasteiger partial charge in [0, 0.05) is 27.9 Å². The maximum Gasteiger partial charge on any atom is 0.668 e. The summed E-state index contributed by atoms with van der Waals surface area (Å²) in [4.78, 5) is 0. The fraction of sp³-hybridized carbons (Fsp3) is 0.529. The van der Waals surface area contributed by atoms with Gasteiger partial charge in [-0.3, -0.25) is 0 Å². The van der Waals surface area contributed by atoms with E-state index in [2.05, 4.69) is 49.3 Å². The van der Waals surface area contributed by atoms with Crippen LogP contribution in [0.2, 0.25) is 19.1 Å². The Hall–Kier alpha value is -0.806. The molecule has 0 heterocycles. The van der Waals surface area contributed by atoms with E-state index in [0.29, 0.717) is 0 Å². The van der Waals surface area contributed by atoms with Crippen molar-refractivity contribution in [2.24, 2.45) is 0 Å². The van der Waals surface area contributed by atoms with E-state index in [9.17, 15) is 0 Å². The van der Waals surface area contributed by atoms with E-state index in [4.69, 9.17) is 17.4 Å². The molecule has 0 atom stereocenters. The zero-order valence-electron chi connectivity index (χ0n) is 15.6. The first kappa shape index (κ1) is 21.2. The Morgan fingerprint density at radius 1 is 1.04 bits per heavy atom. The summed E-state index contributed by atoms with van der Waals surface area (Å²) < 4.78 is 22.2. The molecule has 136 valence electrons. The summed E-state index contributed by atoms with van der Waals surface area (Å²) in [5, 5.41) is 3.47. The molecule has 0 aliphatic rings. The van der Waals surface area contributed by atoms with E-state index in [1.54, 1.807) is 21.3 Å². The van der Waals surface area contributed by atoms with Crippen LogP contribution < -0.4 is 5.32 Å². The van der Waals surface area contributed by atoms with Crippen LogP contribution in [0.15, 0.2) is 30.8 Å². The molecule has 7 heteroatoms. The summed E-state index contributed by atoms with van der Waals surface area (Å²) in [5.41, 5.74) is 2.42. The lowest BCUT2D eigenvalue weighted by Gasteiger charge is -2.32. The lowest BCUT2D eigenvalue weighted by Crippen LogP contribution is -2.54. The van der Waals surface area contributed by atoms with Crippen LogP contribution in [0.25, 0.3) is 6.08 Å². The first-order chi connectivity index (χ1) is 11.4. The molecule has 24 heavy (non-hydrogen) atoms. The van der Waals surface area contributed by atoms with Gasteiger partial charge in [-0.25, -0.2) is 0 Å². The first-order valence-electron chi connectivity index (χ1n) is 8.18. The van der Waals surface area contributed by atoms with Crippen LogP contribution in [0.1, 0.15) is 17.5 Å². The highest BCUT2D eigenvalue weighted by atomic mass is 28.5. The van der Waals surface area contributed by atoms with Crippen LogP contribution in [0, 0.1) is 0 Å². The van der Waals surface area contributed by atoms with Crippen LogP contribution in [0.3, 0.4) is 0 Å². The van der Waals surface area contributed by atoms with E-state index < -0.39 is 17.4 Å². The van der Waals surface area contributed by atoms with Crippen molar-refractivity contribution < 1.29 is 17.4 Å². The van der Waals surface area contributed by atoms with Crippen molar-refractivity contribution in [3.8, 4) is 0 Å². The Morgan fingerprint density at radius 3 is 2.12 bits per heavy atom. The molecule has 0 saturated carbocycles. The van der Waals surface area contributed by atoms with E-state index in [-0.39, 0.29) is 0 Å². The van der Waals surface area contributed by atoms with Crippen LogP contribution in [-0.2, 0) is 23.9 Å². The molecule has 0 aromatic heterocycles. The Morgan fingerprint density at radius 2 is 1.62 bits per heavy atom. The van der Waals surface area contributed by atoms with Crippen molar-refractivity contribution >= 4 is 23.4 Å². The van der Waals surface area contributed by atoms with Crippen LogP contribution in [-0.4, -0.2) is 45.2 Å². The molecule has 0 radical (unpaired) electrons. The molecule has 0 bridgehead atoms. The number of hydrogen-bond donors (Lipinski definition) is 1. The molecular formula is C17H31NO4Si2. The molecule has 0 aliphatic carbocycles. The molecule has 1 aromatic rings. The smallest absolute Gasteiger partial charge is 0.394 e. The second kappa shape index (κ2) is 10.2. The minimum atomic E-state index is -2.95. The maximum atomic E-state index is 6.14. The average molecular weight is 370 g/mol. The van der Waals surface area contributed by atoms with Gasteiger partial charge in [-0.15, -0.1) is 0 Å². The first-order valence-corrected chi connectivity index (χ1v) is 12.9. The predicted molar refractivity (Wildman–Crippen MR) is 103 cm³/mol. The Bertz CT molecular complexity index is 482. The number of benzene rings is 1. The zero-order valence-corrected chi connectivity index (χ0v) is 17.6. The maximum absolute atomic E-state index is 6.14. The fourth-order valence-corrected chi connectivity index (χ4v) is 8.05. The molecule has 0 saturated heterocycles. The molecule has 0 unspecified atom stereocenters. The van der Waals surface area contributed by atoms with Gasteiger partial charge in [-0.1, -0.05) is 36.9 Å². The molecule has 5 nitrogen and oxygen atoms in total. The highest BCUT2D eigenvalue weighted by Gasteiger charge is 2.47. The van der Waals surface area contributed by atoms with Gasteiger partial charge >= 0.3 is 9.05 Å². The average Bonchev–Trinajstić information content (AvgIpc) is 2.60. The Kier molecular flexibility index (Phi) is 9.07. The summed E-state index contributed by atoms with van der Waals surface area (Å²) >= 11 is 0. The minimum Gasteiger partial charge on any atom is -0.394 e. The molecule has 0 spiro atoms. The SMILES string of the molecule is C=Cc1ccc(CNCCC[Si](C)(C)O[Si](OC)(OC)OC)cc1. The lowest BCUT2D eigenvalue weighted by atomic mass is 10.1. The second-order valence-corrected chi connectivity index (χ2v) is 13.3. The second-order valence-electron chi connectivity index (χ2n) is 6.20. The topological polar surface area (TPSA) is 49.0 Å². The van der Waals surface area contributed by atoms with Gasteiger partial charge in [-0.05, 0) is 43.2 Å². The van der Waals surface area contributed by atoms with E-state index in [0.717, 1.165) is 31.1 Å². The van der Waals surface area contributed by atoms with Gasteiger partial charge in [0.1, 0.15) is 0 Å². The Balaban J connectivity index is 2.33. The fourth-order valence-electron chi connectivity index (χ4n) is 2.41. The third kappa shape index (κ3) is 6.98. The molecule has 0 aliphatic heterocycles. The van der Waals surface area contributed by atoms with Crippen molar-refractivity contribution in [1.29, 1.82) is 0 Å². The molecule has 1 N–H and O–H groups in total. The van der Waals surface area contributed by atoms with Gasteiger partial charge in [0.25, 0.3) is 0 Å². The van der Waals surface area contributed by atoms with Crippen molar-refractivity contribution in [2.75, 3.05) is 27.9 Å². The molecule has 0 fully saturated rings. The standard InChI is InChI=1S/C17H31NO4Si2/c1-7-16-9-11-17(12-10-16)15-18-13-8-14-23(5,6)22-24(19-2,20-3)21-4/h7,9-12,18H,1,8,13-15H2,2-6H3. The van der Waals surface area contributed by atoms with Crippen LogP contribution in [0.4, 0.5) is 0 Å². The summed E-state index contributed by atoms with van der Waals surface area (Å²) in [6.45, 7) is 9.92. The molecule has 0 amide bonds. The summed E-state index contributed by atoms with van der Waals surface area (Å²) in [7, 11) is -0.141. The molecule has 1 rings (SSSR count). The number of hydrogen-bond acceptors (Lipinski definition) is 5. The highest BCUT2D eigenvalue weighted by molar-refractivity contribution is 6.78. The summed E-state index contributed by atoms with van der Waals surface area (Å²) in [6.07, 6.45) is 2.90. The van der Waals surface area contributed by atoms with E-state index >= 15 is 0 Å². The largest absolute Gasteiger partial charge is 0.668 e. The van der Waals surface area contributed by atoms with Crippen molar-refractivity contribution in [3.63, 3.8) is 0 Å². The van der Waals surface area contributed by atoms with Crippen LogP contribution in [0.5, 0.6) is 0 Å². The normalized spacial score (nSPS) is 12.4. The highest BCUT2D eigenvalue weighted by Crippen LogP contribution is 2.21. The van der Waals surface area contributed by atoms with Gasteiger partial charge in [0.15, 0.2) is 8.32 Å².